The molecule has 2 N–H and O–H groups in total. The molecule has 0 saturated carbocycles. The molecule has 2 aliphatic heterocycles. The van der Waals surface area contributed by atoms with E-state index in [2.05, 4.69) is 10.6 Å². The van der Waals surface area contributed by atoms with Gasteiger partial charge in [0.2, 0.25) is 5.76 Å². The minimum atomic E-state index is -0.182. The predicted molar refractivity (Wildman–Crippen MR) is 49.4 cm³/mol. The van der Waals surface area contributed by atoms with Crippen LogP contribution in [0.1, 0.15) is 6.42 Å². The molecule has 0 unspecified atom stereocenters. The zero-order valence-electron chi connectivity index (χ0n) is 7.91. The van der Waals surface area contributed by atoms with E-state index in [1.165, 1.54) is 6.26 Å². The topological polar surface area (TPSA) is 59.6 Å². The van der Waals surface area contributed by atoms with Crippen molar-refractivity contribution in [3.63, 3.8) is 0 Å². The summed E-state index contributed by atoms with van der Waals surface area (Å²) in [6.07, 6.45) is 2.35. The van der Waals surface area contributed by atoms with Crippen LogP contribution in [0.2, 0.25) is 0 Å². The second-order valence-electron chi connectivity index (χ2n) is 3.36. The normalized spacial score (nSPS) is 26.0. The maximum absolute atomic E-state index is 11.5. The molecular formula is C9H14N2O3. The lowest BCUT2D eigenvalue weighted by Crippen LogP contribution is -2.38. The monoisotopic (exact) mass is 198 g/mol. The quantitative estimate of drug-likeness (QED) is 0.619. The molecule has 2 heterocycles. The number of carbonyl (C=O) groups is 1. The molecule has 0 aromatic rings. The molecule has 14 heavy (non-hydrogen) atoms. The average molecular weight is 198 g/mol. The van der Waals surface area contributed by atoms with Crippen LogP contribution in [0.5, 0.6) is 0 Å². The van der Waals surface area contributed by atoms with Crippen molar-refractivity contribution in [2.45, 2.75) is 12.5 Å². The van der Waals surface area contributed by atoms with Crippen molar-refractivity contribution >= 4 is 5.91 Å². The van der Waals surface area contributed by atoms with Crippen molar-refractivity contribution < 1.29 is 14.3 Å². The number of amides is 1. The standard InChI is InChI=1S/C9H14N2O3/c12-9(8-6-13-3-4-14-8)11-7-1-2-10-5-7/h6-7,10H,1-5H2,(H,11,12)/t7-/m0/s1. The van der Waals surface area contributed by atoms with E-state index in [0.717, 1.165) is 19.5 Å². The van der Waals surface area contributed by atoms with Crippen LogP contribution in [0.15, 0.2) is 12.0 Å². The summed E-state index contributed by atoms with van der Waals surface area (Å²) in [4.78, 5) is 11.5. The second kappa shape index (κ2) is 4.32. The molecule has 0 bridgehead atoms. The van der Waals surface area contributed by atoms with Crippen LogP contribution in [0.3, 0.4) is 0 Å². The fourth-order valence-corrected chi connectivity index (χ4v) is 1.52. The van der Waals surface area contributed by atoms with E-state index in [4.69, 9.17) is 9.47 Å². The largest absolute Gasteiger partial charge is 0.494 e. The number of hydrogen-bond acceptors (Lipinski definition) is 4. The van der Waals surface area contributed by atoms with E-state index >= 15 is 0 Å². The Morgan fingerprint density at radius 3 is 3.14 bits per heavy atom. The van der Waals surface area contributed by atoms with Gasteiger partial charge in [-0.05, 0) is 13.0 Å². The van der Waals surface area contributed by atoms with Crippen LogP contribution >= 0.6 is 0 Å². The van der Waals surface area contributed by atoms with Gasteiger partial charge in [-0.2, -0.15) is 0 Å². The third-order valence-electron chi connectivity index (χ3n) is 2.27. The highest BCUT2D eigenvalue weighted by molar-refractivity contribution is 5.91. The van der Waals surface area contributed by atoms with Crippen molar-refractivity contribution in [1.82, 2.24) is 10.6 Å². The summed E-state index contributed by atoms with van der Waals surface area (Å²) in [6.45, 7) is 2.76. The first-order chi connectivity index (χ1) is 6.86. The van der Waals surface area contributed by atoms with Crippen molar-refractivity contribution in [2.24, 2.45) is 0 Å². The van der Waals surface area contributed by atoms with Gasteiger partial charge >= 0.3 is 0 Å². The highest BCUT2D eigenvalue weighted by atomic mass is 16.6. The van der Waals surface area contributed by atoms with E-state index in [-0.39, 0.29) is 17.7 Å². The lowest BCUT2D eigenvalue weighted by atomic mass is 10.2. The maximum Gasteiger partial charge on any atom is 0.289 e. The van der Waals surface area contributed by atoms with Gasteiger partial charge in [-0.25, -0.2) is 0 Å². The van der Waals surface area contributed by atoms with Crippen molar-refractivity contribution in [1.29, 1.82) is 0 Å². The minimum absolute atomic E-state index is 0.182. The van der Waals surface area contributed by atoms with Crippen LogP contribution in [-0.4, -0.2) is 38.3 Å². The van der Waals surface area contributed by atoms with Gasteiger partial charge in [0, 0.05) is 12.6 Å². The number of carbonyl (C=O) groups excluding carboxylic acids is 1. The number of nitrogens with one attached hydrogen (secondary N) is 2. The lowest BCUT2D eigenvalue weighted by molar-refractivity contribution is -0.122. The van der Waals surface area contributed by atoms with E-state index in [1.54, 1.807) is 0 Å². The van der Waals surface area contributed by atoms with Crippen molar-refractivity contribution in [3.8, 4) is 0 Å². The molecule has 1 saturated heterocycles. The molecule has 78 valence electrons. The highest BCUT2D eigenvalue weighted by Gasteiger charge is 2.21. The first-order valence-corrected chi connectivity index (χ1v) is 4.82. The molecule has 0 aliphatic carbocycles. The van der Waals surface area contributed by atoms with Crippen molar-refractivity contribution in [2.75, 3.05) is 26.3 Å². The van der Waals surface area contributed by atoms with Gasteiger partial charge < -0.3 is 20.1 Å². The predicted octanol–water partition coefficient (Wildman–Crippen LogP) is -0.647. The van der Waals surface area contributed by atoms with E-state index in [9.17, 15) is 4.79 Å². The molecule has 0 aromatic carbocycles. The van der Waals surface area contributed by atoms with E-state index < -0.39 is 0 Å². The summed E-state index contributed by atoms with van der Waals surface area (Å²) in [5.74, 6) is 0.0987. The summed E-state index contributed by atoms with van der Waals surface area (Å²) in [5.41, 5.74) is 0. The molecule has 1 atom stereocenters. The molecule has 0 radical (unpaired) electrons. The van der Waals surface area contributed by atoms with Gasteiger partial charge in [0.1, 0.15) is 19.5 Å². The summed E-state index contributed by atoms with van der Waals surface area (Å²) < 4.78 is 10.2. The summed E-state index contributed by atoms with van der Waals surface area (Å²) in [5, 5.41) is 6.05. The number of ether oxygens (including phenoxy) is 2. The summed E-state index contributed by atoms with van der Waals surface area (Å²) in [7, 11) is 0. The molecule has 2 rings (SSSR count). The van der Waals surface area contributed by atoms with Crippen LogP contribution in [0.25, 0.3) is 0 Å². The van der Waals surface area contributed by atoms with E-state index in [1.807, 2.05) is 0 Å². The Bertz CT molecular complexity index is 246. The van der Waals surface area contributed by atoms with E-state index in [0.29, 0.717) is 13.2 Å². The molecule has 2 aliphatic rings. The van der Waals surface area contributed by atoms with Gasteiger partial charge in [-0.15, -0.1) is 0 Å². The van der Waals surface area contributed by atoms with Gasteiger partial charge in [-0.1, -0.05) is 0 Å². The van der Waals surface area contributed by atoms with Gasteiger partial charge in [0.25, 0.3) is 5.91 Å². The van der Waals surface area contributed by atoms with Crippen LogP contribution < -0.4 is 10.6 Å². The summed E-state index contributed by atoms with van der Waals surface area (Å²) >= 11 is 0. The molecule has 5 heteroatoms. The Hall–Kier alpha value is -1.23. The molecule has 1 fully saturated rings. The Morgan fingerprint density at radius 1 is 1.57 bits per heavy atom. The Labute approximate surface area is 82.4 Å². The first-order valence-electron chi connectivity index (χ1n) is 4.82. The smallest absolute Gasteiger partial charge is 0.289 e. The fourth-order valence-electron chi connectivity index (χ4n) is 1.52. The molecule has 1 amide bonds. The van der Waals surface area contributed by atoms with Gasteiger partial charge in [0.05, 0.1) is 0 Å². The Morgan fingerprint density at radius 2 is 2.50 bits per heavy atom. The summed E-state index contributed by atoms with van der Waals surface area (Å²) in [6, 6.07) is 0.217. The zero-order valence-corrected chi connectivity index (χ0v) is 7.91. The fraction of sp³-hybridized carbons (Fsp3) is 0.667. The number of rotatable bonds is 2. The molecular weight excluding hydrogens is 184 g/mol. The third-order valence-corrected chi connectivity index (χ3v) is 2.27. The van der Waals surface area contributed by atoms with Gasteiger partial charge in [-0.3, -0.25) is 4.79 Å². The maximum atomic E-state index is 11.5. The highest BCUT2D eigenvalue weighted by Crippen LogP contribution is 2.05. The molecule has 0 aromatic heterocycles. The zero-order chi connectivity index (χ0) is 9.80. The first kappa shape index (κ1) is 9.33. The third kappa shape index (κ3) is 2.17. The lowest BCUT2D eigenvalue weighted by Gasteiger charge is -2.17. The minimum Gasteiger partial charge on any atom is -0.494 e. The van der Waals surface area contributed by atoms with Crippen LogP contribution in [-0.2, 0) is 14.3 Å². The van der Waals surface area contributed by atoms with Crippen molar-refractivity contribution in [3.05, 3.63) is 12.0 Å². The SMILES string of the molecule is O=C(N[C@H]1CCNC1)C1=COCCO1. The van der Waals surface area contributed by atoms with Gasteiger partial charge in [0.15, 0.2) is 0 Å². The second-order valence-corrected chi connectivity index (χ2v) is 3.36. The Balaban J connectivity index is 1.84. The number of hydrogen-bond donors (Lipinski definition) is 2. The van der Waals surface area contributed by atoms with Crippen LogP contribution in [0.4, 0.5) is 0 Å². The average Bonchev–Trinajstić information content (AvgIpc) is 2.72. The molecule has 5 nitrogen and oxygen atoms in total. The Kier molecular flexibility index (Phi) is 2.88. The van der Waals surface area contributed by atoms with Crippen LogP contribution in [0, 0.1) is 0 Å². The molecule has 0 spiro atoms.